The van der Waals surface area contributed by atoms with Crippen molar-refractivity contribution in [2.75, 3.05) is 19.7 Å². The summed E-state index contributed by atoms with van der Waals surface area (Å²) in [7, 11) is 0. The van der Waals surface area contributed by atoms with E-state index in [-0.39, 0.29) is 11.4 Å². The molecule has 1 aliphatic rings. The minimum atomic E-state index is -0.324. The Labute approximate surface area is 127 Å². The molecule has 1 fully saturated rings. The number of hydrogen-bond donors (Lipinski definition) is 2. The van der Waals surface area contributed by atoms with E-state index in [1.165, 1.54) is 0 Å². The molecule has 21 heavy (non-hydrogen) atoms. The molecule has 1 aromatic carbocycles. The van der Waals surface area contributed by atoms with E-state index >= 15 is 0 Å². The predicted octanol–water partition coefficient (Wildman–Crippen LogP) is 2.49. The number of nitrogens with one attached hydrogen (secondary N) is 2. The average molecular weight is 290 g/mol. The molecule has 116 valence electrons. The monoisotopic (exact) mass is 290 g/mol. The van der Waals surface area contributed by atoms with Gasteiger partial charge in [-0.3, -0.25) is 4.79 Å². The Morgan fingerprint density at radius 1 is 1.38 bits per heavy atom. The van der Waals surface area contributed by atoms with Gasteiger partial charge in [-0.2, -0.15) is 0 Å². The summed E-state index contributed by atoms with van der Waals surface area (Å²) < 4.78 is 5.62. The van der Waals surface area contributed by atoms with Crippen LogP contribution >= 0.6 is 0 Å². The molecule has 1 heterocycles. The van der Waals surface area contributed by atoms with Crippen LogP contribution in [0.3, 0.4) is 0 Å². The number of ether oxygens (including phenoxy) is 1. The van der Waals surface area contributed by atoms with Crippen molar-refractivity contribution in [1.82, 2.24) is 10.6 Å². The third kappa shape index (κ3) is 4.46. The molecule has 4 heteroatoms. The van der Waals surface area contributed by atoms with E-state index < -0.39 is 0 Å². The largest absolute Gasteiger partial charge is 0.494 e. The second kappa shape index (κ2) is 8.03. The van der Waals surface area contributed by atoms with Gasteiger partial charge in [0.05, 0.1) is 12.1 Å². The van der Waals surface area contributed by atoms with Crippen LogP contribution in [0.2, 0.25) is 0 Å². The third-order valence-corrected chi connectivity index (χ3v) is 3.97. The van der Waals surface area contributed by atoms with Crippen LogP contribution in [0.25, 0.3) is 0 Å². The SMILES string of the molecule is CCCC1(C(=O)NCCCOc2ccccc2)CCCN1. The fraction of sp³-hybridized carbons (Fsp3) is 0.588. The van der Waals surface area contributed by atoms with Crippen LogP contribution in [-0.2, 0) is 4.79 Å². The number of para-hydroxylation sites is 1. The van der Waals surface area contributed by atoms with E-state index in [0.29, 0.717) is 13.2 Å². The third-order valence-electron chi connectivity index (χ3n) is 3.97. The lowest BCUT2D eigenvalue weighted by Crippen LogP contribution is -2.53. The molecule has 0 spiro atoms. The number of carbonyl (C=O) groups excluding carboxylic acids is 1. The first-order valence-corrected chi connectivity index (χ1v) is 7.98. The van der Waals surface area contributed by atoms with Gasteiger partial charge in [0.15, 0.2) is 0 Å². The van der Waals surface area contributed by atoms with Gasteiger partial charge in [0.1, 0.15) is 5.75 Å². The molecule has 0 aliphatic carbocycles. The van der Waals surface area contributed by atoms with Gasteiger partial charge in [-0.1, -0.05) is 31.5 Å². The minimum absolute atomic E-state index is 0.154. The molecule has 1 aromatic rings. The van der Waals surface area contributed by atoms with Crippen LogP contribution in [0.5, 0.6) is 5.75 Å². The first kappa shape index (κ1) is 15.8. The lowest BCUT2D eigenvalue weighted by atomic mass is 9.91. The Hall–Kier alpha value is -1.55. The zero-order valence-corrected chi connectivity index (χ0v) is 12.9. The van der Waals surface area contributed by atoms with Gasteiger partial charge in [-0.05, 0) is 44.4 Å². The van der Waals surface area contributed by atoms with Gasteiger partial charge in [-0.25, -0.2) is 0 Å². The highest BCUT2D eigenvalue weighted by molar-refractivity contribution is 5.86. The van der Waals surface area contributed by atoms with Gasteiger partial charge < -0.3 is 15.4 Å². The molecule has 2 N–H and O–H groups in total. The molecule has 0 saturated carbocycles. The molecule has 0 radical (unpaired) electrons. The summed E-state index contributed by atoms with van der Waals surface area (Å²) in [6.45, 7) is 4.37. The van der Waals surface area contributed by atoms with E-state index in [1.54, 1.807) is 0 Å². The van der Waals surface area contributed by atoms with Crippen molar-refractivity contribution in [2.24, 2.45) is 0 Å². The highest BCUT2D eigenvalue weighted by atomic mass is 16.5. The van der Waals surface area contributed by atoms with Crippen molar-refractivity contribution in [3.63, 3.8) is 0 Å². The maximum absolute atomic E-state index is 12.4. The van der Waals surface area contributed by atoms with Crippen LogP contribution in [0.15, 0.2) is 30.3 Å². The Morgan fingerprint density at radius 3 is 2.86 bits per heavy atom. The van der Waals surface area contributed by atoms with E-state index in [0.717, 1.165) is 44.4 Å². The van der Waals surface area contributed by atoms with Crippen molar-refractivity contribution in [3.8, 4) is 5.75 Å². The Balaban J connectivity index is 1.67. The van der Waals surface area contributed by atoms with Crippen LogP contribution in [0.4, 0.5) is 0 Å². The van der Waals surface area contributed by atoms with Gasteiger partial charge >= 0.3 is 0 Å². The Kier molecular flexibility index (Phi) is 6.05. The maximum Gasteiger partial charge on any atom is 0.240 e. The highest BCUT2D eigenvalue weighted by Crippen LogP contribution is 2.24. The summed E-state index contributed by atoms with van der Waals surface area (Å²) in [5, 5.41) is 6.45. The lowest BCUT2D eigenvalue weighted by molar-refractivity contribution is -0.127. The first-order chi connectivity index (χ1) is 10.3. The average Bonchev–Trinajstić information content (AvgIpc) is 2.98. The molecule has 1 amide bonds. The standard InChI is InChI=1S/C17H26N2O2/c1-2-10-17(11-6-13-19-17)16(20)18-12-7-14-21-15-8-4-3-5-9-15/h3-5,8-9,19H,2,6-7,10-14H2,1H3,(H,18,20). The van der Waals surface area contributed by atoms with Gasteiger partial charge in [-0.15, -0.1) is 0 Å². The smallest absolute Gasteiger partial charge is 0.240 e. The highest BCUT2D eigenvalue weighted by Gasteiger charge is 2.39. The fourth-order valence-corrected chi connectivity index (χ4v) is 2.90. The molecule has 1 atom stereocenters. The molecule has 4 nitrogen and oxygen atoms in total. The van der Waals surface area contributed by atoms with Crippen LogP contribution in [0, 0.1) is 0 Å². The Morgan fingerprint density at radius 2 is 2.19 bits per heavy atom. The summed E-state index contributed by atoms with van der Waals surface area (Å²) in [6, 6.07) is 9.76. The van der Waals surface area contributed by atoms with E-state index in [2.05, 4.69) is 17.6 Å². The van der Waals surface area contributed by atoms with Crippen molar-refractivity contribution in [1.29, 1.82) is 0 Å². The zero-order valence-electron chi connectivity index (χ0n) is 12.9. The quantitative estimate of drug-likeness (QED) is 0.723. The number of benzene rings is 1. The summed E-state index contributed by atoms with van der Waals surface area (Å²) >= 11 is 0. The summed E-state index contributed by atoms with van der Waals surface area (Å²) in [6.07, 6.45) is 4.80. The second-order valence-electron chi connectivity index (χ2n) is 5.63. The number of carbonyl (C=O) groups is 1. The second-order valence-corrected chi connectivity index (χ2v) is 5.63. The van der Waals surface area contributed by atoms with Gasteiger partial charge in [0, 0.05) is 6.54 Å². The molecule has 0 bridgehead atoms. The van der Waals surface area contributed by atoms with E-state index in [4.69, 9.17) is 4.74 Å². The van der Waals surface area contributed by atoms with E-state index in [1.807, 2.05) is 30.3 Å². The van der Waals surface area contributed by atoms with Crippen molar-refractivity contribution < 1.29 is 9.53 Å². The summed E-state index contributed by atoms with van der Waals surface area (Å²) in [5.41, 5.74) is -0.324. The molecule has 1 unspecified atom stereocenters. The molecular weight excluding hydrogens is 264 g/mol. The summed E-state index contributed by atoms with van der Waals surface area (Å²) in [5.74, 6) is 1.03. The molecular formula is C17H26N2O2. The molecule has 0 aromatic heterocycles. The first-order valence-electron chi connectivity index (χ1n) is 7.98. The maximum atomic E-state index is 12.4. The summed E-state index contributed by atoms with van der Waals surface area (Å²) in [4.78, 5) is 12.4. The van der Waals surface area contributed by atoms with Crippen molar-refractivity contribution in [3.05, 3.63) is 30.3 Å². The molecule has 1 aliphatic heterocycles. The molecule has 1 saturated heterocycles. The normalized spacial score (nSPS) is 21.2. The number of amides is 1. The van der Waals surface area contributed by atoms with Crippen molar-refractivity contribution >= 4 is 5.91 Å². The van der Waals surface area contributed by atoms with E-state index in [9.17, 15) is 4.79 Å². The Bertz CT molecular complexity index is 428. The van der Waals surface area contributed by atoms with Crippen LogP contribution in [-0.4, -0.2) is 31.1 Å². The zero-order chi connectivity index (χ0) is 15.0. The van der Waals surface area contributed by atoms with Crippen molar-refractivity contribution in [2.45, 2.75) is 44.6 Å². The topological polar surface area (TPSA) is 50.4 Å². The number of rotatable bonds is 8. The fourth-order valence-electron chi connectivity index (χ4n) is 2.90. The minimum Gasteiger partial charge on any atom is -0.494 e. The van der Waals surface area contributed by atoms with Crippen LogP contribution in [0.1, 0.15) is 39.0 Å². The van der Waals surface area contributed by atoms with Gasteiger partial charge in [0.25, 0.3) is 0 Å². The van der Waals surface area contributed by atoms with Gasteiger partial charge in [0.2, 0.25) is 5.91 Å². The lowest BCUT2D eigenvalue weighted by Gasteiger charge is -2.27. The van der Waals surface area contributed by atoms with Crippen LogP contribution < -0.4 is 15.4 Å². The predicted molar refractivity (Wildman–Crippen MR) is 84.4 cm³/mol. The number of hydrogen-bond acceptors (Lipinski definition) is 3. The molecule has 2 rings (SSSR count).